The van der Waals surface area contributed by atoms with Gasteiger partial charge < -0.3 is 45.2 Å². The number of carbonyl (C=O) groups is 5. The summed E-state index contributed by atoms with van der Waals surface area (Å²) >= 11 is 0. The third kappa shape index (κ3) is 7.24. The van der Waals surface area contributed by atoms with E-state index in [0.717, 1.165) is 24.3 Å². The molecule has 2 amide bonds. The molecule has 0 aliphatic carbocycles. The molecule has 0 spiro atoms. The molecule has 1 aliphatic heterocycles. The zero-order chi connectivity index (χ0) is 33.2. The maximum absolute atomic E-state index is 13.2. The lowest BCUT2D eigenvalue weighted by molar-refractivity contribution is 0.0177. The number of ketones is 1. The van der Waals surface area contributed by atoms with Crippen molar-refractivity contribution in [3.8, 4) is 23.0 Å². The number of hydrogen-bond donors (Lipinski definition) is 6. The highest BCUT2D eigenvalue weighted by Gasteiger charge is 2.41. The highest BCUT2D eigenvalue weighted by molar-refractivity contribution is 6.18. The summed E-state index contributed by atoms with van der Waals surface area (Å²) in [4.78, 5) is 64.8. The van der Waals surface area contributed by atoms with Crippen LogP contribution in [0.25, 0.3) is 0 Å². The minimum Gasteiger partial charge on any atom is -0.508 e. The van der Waals surface area contributed by atoms with Crippen LogP contribution in [0.1, 0.15) is 67.8 Å². The number of carboxylic acid groups (broad SMARTS) is 1. The highest BCUT2D eigenvalue weighted by atomic mass is 16.6. The van der Waals surface area contributed by atoms with Crippen molar-refractivity contribution in [2.45, 2.75) is 38.5 Å². The summed E-state index contributed by atoms with van der Waals surface area (Å²) in [6, 6.07) is 9.34. The minimum atomic E-state index is -1.54. The molecule has 0 unspecified atom stereocenters. The summed E-state index contributed by atoms with van der Waals surface area (Å²) in [6.07, 6.45) is -1.86. The van der Waals surface area contributed by atoms with Gasteiger partial charge in [-0.25, -0.2) is 14.4 Å². The van der Waals surface area contributed by atoms with Crippen molar-refractivity contribution in [3.05, 3.63) is 82.4 Å². The molecule has 45 heavy (non-hydrogen) atoms. The molecule has 1 saturated heterocycles. The summed E-state index contributed by atoms with van der Waals surface area (Å²) in [5, 5.41) is 53.0. The summed E-state index contributed by atoms with van der Waals surface area (Å²) < 4.78 is 11.0. The number of likely N-dealkylation sites (tertiary alicyclic amines) is 1. The second-order valence-electron chi connectivity index (χ2n) is 11.2. The van der Waals surface area contributed by atoms with Crippen molar-refractivity contribution in [1.82, 2.24) is 10.2 Å². The molecule has 236 valence electrons. The fraction of sp³-hybridized carbons (Fsp3) is 0.258. The number of carboxylic acids is 1. The van der Waals surface area contributed by atoms with Gasteiger partial charge in [-0.2, -0.15) is 0 Å². The number of aromatic carboxylic acids is 1. The largest absolute Gasteiger partial charge is 0.508 e. The van der Waals surface area contributed by atoms with Crippen LogP contribution in [0.5, 0.6) is 23.0 Å². The normalized spacial score (nSPS) is 16.1. The van der Waals surface area contributed by atoms with Gasteiger partial charge in [0.25, 0.3) is 5.91 Å². The molecule has 4 rings (SSSR count). The van der Waals surface area contributed by atoms with Crippen molar-refractivity contribution in [1.29, 1.82) is 0 Å². The number of aromatic hydroxyl groups is 4. The number of rotatable bonds is 7. The van der Waals surface area contributed by atoms with E-state index in [4.69, 9.17) is 9.47 Å². The Balaban J connectivity index is 1.59. The van der Waals surface area contributed by atoms with Crippen LogP contribution in [0.2, 0.25) is 0 Å². The maximum atomic E-state index is 13.2. The highest BCUT2D eigenvalue weighted by Crippen LogP contribution is 2.35. The predicted octanol–water partition coefficient (Wildman–Crippen LogP) is 3.01. The average Bonchev–Trinajstić information content (AvgIpc) is 3.33. The lowest BCUT2D eigenvalue weighted by Crippen LogP contribution is -2.44. The number of esters is 1. The van der Waals surface area contributed by atoms with Gasteiger partial charge in [-0.3, -0.25) is 9.59 Å². The van der Waals surface area contributed by atoms with Crippen LogP contribution in [0, 0.1) is 0 Å². The molecule has 0 saturated carbocycles. The van der Waals surface area contributed by atoms with Crippen LogP contribution in [-0.2, 0) is 9.47 Å². The first-order valence-corrected chi connectivity index (χ1v) is 13.5. The van der Waals surface area contributed by atoms with Crippen LogP contribution in [0.15, 0.2) is 54.6 Å². The number of benzene rings is 3. The Hall–Kier alpha value is -5.79. The van der Waals surface area contributed by atoms with Gasteiger partial charge in [0.1, 0.15) is 40.3 Å². The van der Waals surface area contributed by atoms with Gasteiger partial charge in [0.05, 0.1) is 29.3 Å². The van der Waals surface area contributed by atoms with E-state index in [1.165, 1.54) is 35.2 Å². The molecule has 1 fully saturated rings. The molecule has 14 nitrogen and oxygen atoms in total. The number of ether oxygens (including phenoxy) is 2. The van der Waals surface area contributed by atoms with Crippen molar-refractivity contribution < 1.29 is 59.0 Å². The monoisotopic (exact) mass is 622 g/mol. The number of phenols is 4. The van der Waals surface area contributed by atoms with Crippen molar-refractivity contribution in [3.63, 3.8) is 0 Å². The molecule has 1 aliphatic rings. The summed E-state index contributed by atoms with van der Waals surface area (Å²) in [5.41, 5.74) is -3.13. The standard InChI is InChI=1S/C31H30N2O12/c1-31(2,3)45-30(43)33-13-19(32-27(39)15-7-9-17(34)10-8-15)23(14-33)44-29(42)16-11-21(36)25(22(37)12-16)26(38)24-18(28(40)41)5-4-6-20(24)35/h4-12,19,23,34-37H,13-14H2,1-3H3,(H,32,39)(H,40,41)/t19-,23-/m0/s1. The van der Waals surface area contributed by atoms with E-state index in [9.17, 15) is 49.5 Å². The lowest BCUT2D eigenvalue weighted by atomic mass is 9.95. The first-order chi connectivity index (χ1) is 21.1. The molecule has 3 aromatic carbocycles. The van der Waals surface area contributed by atoms with Crippen LogP contribution in [0.4, 0.5) is 4.79 Å². The fourth-order valence-corrected chi connectivity index (χ4v) is 4.62. The van der Waals surface area contributed by atoms with E-state index < -0.39 is 87.0 Å². The SMILES string of the molecule is CC(C)(C)OC(=O)N1C[C@H](NC(=O)c2ccc(O)cc2)[C@@H](OC(=O)c2cc(O)c(C(=O)c3c(O)cccc3C(=O)O)c(O)c2)C1. The van der Waals surface area contributed by atoms with Crippen LogP contribution in [0.3, 0.4) is 0 Å². The minimum absolute atomic E-state index is 0.0579. The molecule has 0 radical (unpaired) electrons. The van der Waals surface area contributed by atoms with E-state index in [1.54, 1.807) is 20.8 Å². The van der Waals surface area contributed by atoms with Crippen LogP contribution in [-0.4, -0.2) is 91.0 Å². The smallest absolute Gasteiger partial charge is 0.410 e. The Bertz CT molecular complexity index is 1650. The molecule has 1 heterocycles. The third-order valence-corrected chi connectivity index (χ3v) is 6.68. The van der Waals surface area contributed by atoms with E-state index in [2.05, 4.69) is 5.32 Å². The predicted molar refractivity (Wildman–Crippen MR) is 155 cm³/mol. The van der Waals surface area contributed by atoms with Gasteiger partial charge in [0.2, 0.25) is 5.78 Å². The zero-order valence-electron chi connectivity index (χ0n) is 24.3. The first kappa shape index (κ1) is 32.1. The molecule has 3 aromatic rings. The van der Waals surface area contributed by atoms with Gasteiger partial charge in [0.15, 0.2) is 0 Å². The molecular weight excluding hydrogens is 592 g/mol. The number of nitrogens with zero attached hydrogens (tertiary/aromatic N) is 1. The Morgan fingerprint density at radius 3 is 2.02 bits per heavy atom. The van der Waals surface area contributed by atoms with Gasteiger partial charge >= 0.3 is 18.0 Å². The van der Waals surface area contributed by atoms with Gasteiger partial charge in [-0.1, -0.05) is 6.07 Å². The zero-order valence-corrected chi connectivity index (χ0v) is 24.3. The van der Waals surface area contributed by atoms with E-state index >= 15 is 0 Å². The number of phenolic OH excluding ortho intramolecular Hbond substituents is 4. The second kappa shape index (κ2) is 12.4. The Morgan fingerprint density at radius 2 is 1.44 bits per heavy atom. The van der Waals surface area contributed by atoms with Gasteiger partial charge in [-0.15, -0.1) is 0 Å². The van der Waals surface area contributed by atoms with E-state index in [-0.39, 0.29) is 24.4 Å². The molecular formula is C31H30N2O12. The molecule has 14 heteroatoms. The quantitative estimate of drug-likeness (QED) is 0.165. The Morgan fingerprint density at radius 1 is 0.822 bits per heavy atom. The fourth-order valence-electron chi connectivity index (χ4n) is 4.62. The maximum Gasteiger partial charge on any atom is 0.410 e. The summed E-state index contributed by atoms with van der Waals surface area (Å²) in [7, 11) is 0. The Kier molecular flexibility index (Phi) is 8.88. The van der Waals surface area contributed by atoms with Crippen LogP contribution < -0.4 is 5.32 Å². The number of amides is 2. The molecule has 0 aromatic heterocycles. The molecule has 6 N–H and O–H groups in total. The van der Waals surface area contributed by atoms with Crippen molar-refractivity contribution >= 4 is 29.7 Å². The van der Waals surface area contributed by atoms with Gasteiger partial charge in [-0.05, 0) is 69.3 Å². The van der Waals surface area contributed by atoms with E-state index in [1.807, 2.05) is 0 Å². The lowest BCUT2D eigenvalue weighted by Gasteiger charge is -2.24. The Labute approximate surface area is 256 Å². The molecule has 2 atom stereocenters. The second-order valence-corrected chi connectivity index (χ2v) is 11.2. The van der Waals surface area contributed by atoms with Gasteiger partial charge in [0, 0.05) is 12.1 Å². The summed E-state index contributed by atoms with van der Waals surface area (Å²) in [5.74, 6) is -7.05. The van der Waals surface area contributed by atoms with Crippen molar-refractivity contribution in [2.24, 2.45) is 0 Å². The van der Waals surface area contributed by atoms with Crippen LogP contribution >= 0.6 is 0 Å². The van der Waals surface area contributed by atoms with Crippen molar-refractivity contribution in [2.75, 3.05) is 13.1 Å². The average molecular weight is 623 g/mol. The number of carbonyl (C=O) groups excluding carboxylic acids is 4. The molecule has 0 bridgehead atoms. The van der Waals surface area contributed by atoms with E-state index in [0.29, 0.717) is 0 Å². The topological polar surface area (TPSA) is 220 Å². The summed E-state index contributed by atoms with van der Waals surface area (Å²) in [6.45, 7) is 4.70. The first-order valence-electron chi connectivity index (χ1n) is 13.5. The number of nitrogens with one attached hydrogen (secondary N) is 1. The number of hydrogen-bond acceptors (Lipinski definition) is 11. The third-order valence-electron chi connectivity index (χ3n) is 6.68.